The van der Waals surface area contributed by atoms with Gasteiger partial charge in [0.1, 0.15) is 0 Å². The molecular weight excluding hydrogens is 376 g/mol. The smallest absolute Gasteiger partial charge is 0.284 e. The molecule has 0 spiro atoms. The number of ether oxygens (including phenoxy) is 1. The number of nitrogens with zero attached hydrogens (tertiary/aromatic N) is 1. The van der Waals surface area contributed by atoms with Gasteiger partial charge in [0, 0.05) is 11.6 Å². The molecule has 0 aliphatic rings. The van der Waals surface area contributed by atoms with Crippen LogP contribution in [0.5, 0.6) is 5.75 Å². The van der Waals surface area contributed by atoms with Gasteiger partial charge in [0.25, 0.3) is 11.6 Å². The van der Waals surface area contributed by atoms with Crippen molar-refractivity contribution < 1.29 is 14.5 Å². The quantitative estimate of drug-likeness (QED) is 0.629. The lowest BCUT2D eigenvalue weighted by Crippen LogP contribution is -2.13. The summed E-state index contributed by atoms with van der Waals surface area (Å²) in [7, 11) is 1.43. The van der Waals surface area contributed by atoms with Crippen molar-refractivity contribution in [3.05, 3.63) is 61.6 Å². The standard InChI is InChI=1S/C14H10BrClN2O4/c1-22-13-10(16)3-2-4-11(13)17-14(19)8-5-6-9(15)12(7-8)18(20)21/h2-7H,1H3,(H,17,19). The molecule has 8 heteroatoms. The van der Waals surface area contributed by atoms with Crippen LogP contribution in [0.3, 0.4) is 0 Å². The number of benzene rings is 2. The largest absolute Gasteiger partial charge is 0.493 e. The number of para-hydroxylation sites is 1. The number of hydrogen-bond acceptors (Lipinski definition) is 4. The van der Waals surface area contributed by atoms with E-state index in [1.165, 1.54) is 25.3 Å². The first kappa shape index (κ1) is 16.3. The summed E-state index contributed by atoms with van der Waals surface area (Å²) >= 11 is 9.04. The van der Waals surface area contributed by atoms with Gasteiger partial charge in [0.05, 0.1) is 27.2 Å². The lowest BCUT2D eigenvalue weighted by atomic mass is 10.2. The van der Waals surface area contributed by atoms with E-state index in [-0.39, 0.29) is 11.3 Å². The van der Waals surface area contributed by atoms with Crippen molar-refractivity contribution in [2.45, 2.75) is 0 Å². The van der Waals surface area contributed by atoms with Gasteiger partial charge in [-0.15, -0.1) is 0 Å². The fraction of sp³-hybridized carbons (Fsp3) is 0.0714. The van der Waals surface area contributed by atoms with Gasteiger partial charge >= 0.3 is 0 Å². The third-order valence-corrected chi connectivity index (χ3v) is 3.79. The molecule has 0 saturated heterocycles. The number of carbonyl (C=O) groups excluding carboxylic acids is 1. The van der Waals surface area contributed by atoms with Gasteiger partial charge in [-0.05, 0) is 40.2 Å². The zero-order chi connectivity index (χ0) is 16.3. The normalized spacial score (nSPS) is 10.1. The number of rotatable bonds is 4. The first-order valence-electron chi connectivity index (χ1n) is 6.02. The summed E-state index contributed by atoms with van der Waals surface area (Å²) in [5.74, 6) is -0.180. The van der Waals surface area contributed by atoms with Crippen LogP contribution in [-0.2, 0) is 0 Å². The summed E-state index contributed by atoms with van der Waals surface area (Å²) in [5.41, 5.74) is 0.341. The van der Waals surface area contributed by atoms with Gasteiger partial charge in [-0.3, -0.25) is 14.9 Å². The number of nitrogens with one attached hydrogen (secondary N) is 1. The molecule has 0 unspecified atom stereocenters. The summed E-state index contributed by atoms with van der Waals surface area (Å²) in [5, 5.41) is 13.9. The molecule has 0 atom stereocenters. The number of nitro groups is 1. The second kappa shape index (κ2) is 6.76. The second-order valence-corrected chi connectivity index (χ2v) is 5.46. The summed E-state index contributed by atoms with van der Waals surface area (Å²) < 4.78 is 5.43. The minimum atomic E-state index is -0.569. The molecule has 0 aromatic heterocycles. The Morgan fingerprint density at radius 2 is 2.09 bits per heavy atom. The average Bonchev–Trinajstić information content (AvgIpc) is 2.47. The van der Waals surface area contributed by atoms with Crippen LogP contribution in [0.4, 0.5) is 11.4 Å². The number of carbonyl (C=O) groups is 1. The van der Waals surface area contributed by atoms with Gasteiger partial charge < -0.3 is 10.1 Å². The van der Waals surface area contributed by atoms with E-state index in [0.717, 1.165) is 0 Å². The Labute approximate surface area is 139 Å². The van der Waals surface area contributed by atoms with Gasteiger partial charge in [-0.25, -0.2) is 0 Å². The van der Waals surface area contributed by atoms with Crippen LogP contribution >= 0.6 is 27.5 Å². The predicted octanol–water partition coefficient (Wildman–Crippen LogP) is 4.27. The zero-order valence-corrected chi connectivity index (χ0v) is 13.6. The summed E-state index contributed by atoms with van der Waals surface area (Å²) in [4.78, 5) is 22.6. The fourth-order valence-corrected chi connectivity index (χ4v) is 2.45. The van der Waals surface area contributed by atoms with E-state index in [2.05, 4.69) is 21.2 Å². The molecular formula is C14H10BrClN2O4. The van der Waals surface area contributed by atoms with Crippen LogP contribution in [0.1, 0.15) is 10.4 Å². The average molecular weight is 386 g/mol. The Morgan fingerprint density at radius 1 is 1.36 bits per heavy atom. The molecule has 0 heterocycles. The number of amides is 1. The highest BCUT2D eigenvalue weighted by Crippen LogP contribution is 2.33. The van der Waals surface area contributed by atoms with Crippen molar-refractivity contribution >= 4 is 44.8 Å². The Kier molecular flexibility index (Phi) is 4.99. The third-order valence-electron chi connectivity index (χ3n) is 2.82. The predicted molar refractivity (Wildman–Crippen MR) is 86.8 cm³/mol. The Hall–Kier alpha value is -2.12. The lowest BCUT2D eigenvalue weighted by molar-refractivity contribution is -0.385. The monoisotopic (exact) mass is 384 g/mol. The molecule has 0 radical (unpaired) electrons. The minimum absolute atomic E-state index is 0.150. The van der Waals surface area contributed by atoms with Crippen LogP contribution in [-0.4, -0.2) is 17.9 Å². The number of nitro benzene ring substituents is 1. The van der Waals surface area contributed by atoms with Crippen LogP contribution in [0, 0.1) is 10.1 Å². The molecule has 0 aliphatic heterocycles. The van der Waals surface area contributed by atoms with Crippen molar-refractivity contribution in [1.29, 1.82) is 0 Å². The zero-order valence-electron chi connectivity index (χ0n) is 11.3. The molecule has 0 aliphatic carbocycles. The molecule has 0 saturated carbocycles. The third kappa shape index (κ3) is 3.37. The summed E-state index contributed by atoms with van der Waals surface area (Å²) in [6.07, 6.45) is 0. The molecule has 1 N–H and O–H groups in total. The topological polar surface area (TPSA) is 81.5 Å². The van der Waals surface area contributed by atoms with Gasteiger partial charge in [0.2, 0.25) is 0 Å². The Bertz CT molecular complexity index is 752. The molecule has 22 heavy (non-hydrogen) atoms. The molecule has 2 aromatic rings. The first-order valence-corrected chi connectivity index (χ1v) is 7.19. The summed E-state index contributed by atoms with van der Waals surface area (Å²) in [6.45, 7) is 0. The SMILES string of the molecule is COc1c(Cl)cccc1NC(=O)c1ccc(Br)c([N+](=O)[O-])c1. The number of halogens is 2. The van der Waals surface area contributed by atoms with Crippen LogP contribution < -0.4 is 10.1 Å². The second-order valence-electron chi connectivity index (χ2n) is 4.20. The minimum Gasteiger partial charge on any atom is -0.493 e. The Morgan fingerprint density at radius 3 is 2.73 bits per heavy atom. The maximum absolute atomic E-state index is 12.2. The molecule has 1 amide bonds. The molecule has 0 fully saturated rings. The van der Waals surface area contributed by atoms with Gasteiger partial charge in [-0.1, -0.05) is 17.7 Å². The molecule has 2 rings (SSSR count). The van der Waals surface area contributed by atoms with Crippen molar-refractivity contribution in [3.63, 3.8) is 0 Å². The molecule has 6 nitrogen and oxygen atoms in total. The highest BCUT2D eigenvalue weighted by Gasteiger charge is 2.17. The highest BCUT2D eigenvalue weighted by molar-refractivity contribution is 9.10. The van der Waals surface area contributed by atoms with E-state index in [4.69, 9.17) is 16.3 Å². The van der Waals surface area contributed by atoms with E-state index < -0.39 is 10.8 Å². The van der Waals surface area contributed by atoms with Crippen LogP contribution in [0.2, 0.25) is 5.02 Å². The summed E-state index contributed by atoms with van der Waals surface area (Å²) in [6, 6.07) is 9.02. The fourth-order valence-electron chi connectivity index (χ4n) is 1.80. The molecule has 0 bridgehead atoms. The van der Waals surface area contributed by atoms with Crippen LogP contribution in [0.15, 0.2) is 40.9 Å². The first-order chi connectivity index (χ1) is 10.4. The Balaban J connectivity index is 2.32. The van der Waals surface area contributed by atoms with E-state index in [1.54, 1.807) is 18.2 Å². The van der Waals surface area contributed by atoms with Crippen molar-refractivity contribution in [3.8, 4) is 5.75 Å². The highest BCUT2D eigenvalue weighted by atomic mass is 79.9. The maximum atomic E-state index is 12.2. The number of anilines is 1. The van der Waals surface area contributed by atoms with E-state index in [1.807, 2.05) is 0 Å². The molecule has 2 aromatic carbocycles. The van der Waals surface area contributed by atoms with Crippen molar-refractivity contribution in [2.75, 3.05) is 12.4 Å². The van der Waals surface area contributed by atoms with E-state index in [0.29, 0.717) is 20.9 Å². The lowest BCUT2D eigenvalue weighted by Gasteiger charge is -2.11. The van der Waals surface area contributed by atoms with Gasteiger partial charge in [-0.2, -0.15) is 0 Å². The van der Waals surface area contributed by atoms with E-state index >= 15 is 0 Å². The van der Waals surface area contributed by atoms with Gasteiger partial charge in [0.15, 0.2) is 5.75 Å². The van der Waals surface area contributed by atoms with Crippen LogP contribution in [0.25, 0.3) is 0 Å². The maximum Gasteiger partial charge on any atom is 0.284 e. The molecule has 114 valence electrons. The van der Waals surface area contributed by atoms with Crippen molar-refractivity contribution in [2.24, 2.45) is 0 Å². The number of hydrogen-bond donors (Lipinski definition) is 1. The van der Waals surface area contributed by atoms with Crippen molar-refractivity contribution in [1.82, 2.24) is 0 Å². The van der Waals surface area contributed by atoms with E-state index in [9.17, 15) is 14.9 Å². The number of methoxy groups -OCH3 is 1.